The number of likely N-dealkylation sites (N-methyl/N-ethyl adjacent to an activating group) is 1. The van der Waals surface area contributed by atoms with Gasteiger partial charge in [0, 0.05) is 30.8 Å². The van der Waals surface area contributed by atoms with Gasteiger partial charge in [0.25, 0.3) is 0 Å². The summed E-state index contributed by atoms with van der Waals surface area (Å²) in [5.74, 6) is 0. The molecule has 0 aromatic carbocycles. The second-order valence-electron chi connectivity index (χ2n) is 3.18. The van der Waals surface area contributed by atoms with Crippen LogP contribution in [-0.4, -0.2) is 34.9 Å². The van der Waals surface area contributed by atoms with E-state index in [0.717, 1.165) is 24.5 Å². The number of hydrogen-bond acceptors (Lipinski definition) is 3. The van der Waals surface area contributed by atoms with Gasteiger partial charge in [0.15, 0.2) is 0 Å². The molecule has 0 unspecified atom stereocenters. The van der Waals surface area contributed by atoms with Crippen molar-refractivity contribution in [3.63, 3.8) is 0 Å². The second kappa shape index (κ2) is 3.11. The lowest BCUT2D eigenvalue weighted by Gasteiger charge is -2.21. The van der Waals surface area contributed by atoms with E-state index in [1.54, 1.807) is 11.8 Å². The van der Waals surface area contributed by atoms with Gasteiger partial charge in [0.2, 0.25) is 0 Å². The zero-order valence-electron chi connectivity index (χ0n) is 7.42. The number of fused-ring (bicyclic) bond motifs is 1. The molecule has 1 aliphatic rings. The maximum absolute atomic E-state index is 4.26. The first-order valence-corrected chi connectivity index (χ1v) is 5.32. The third-order valence-electron chi connectivity index (χ3n) is 2.28. The Kier molecular flexibility index (Phi) is 2.11. The number of rotatable bonds is 1. The molecule has 0 atom stereocenters. The van der Waals surface area contributed by atoms with E-state index < -0.39 is 0 Å². The largest absolute Gasteiger partial charge is 0.302 e. The van der Waals surface area contributed by atoms with Crippen LogP contribution in [0.3, 0.4) is 0 Å². The molecular formula is C8H13N3S. The van der Waals surface area contributed by atoms with Crippen molar-refractivity contribution in [2.24, 2.45) is 0 Å². The standard InChI is InChI=1S/C8H13N3S/c1-11-4-3-7-6(5-11)8(12-2)10-9-7/h3-5H2,1-2H3,(H,9,10). The smallest absolute Gasteiger partial charge is 0.122 e. The summed E-state index contributed by atoms with van der Waals surface area (Å²) in [7, 11) is 2.15. The molecule has 0 fully saturated rings. The van der Waals surface area contributed by atoms with E-state index in [-0.39, 0.29) is 0 Å². The van der Waals surface area contributed by atoms with E-state index in [1.807, 2.05) is 0 Å². The van der Waals surface area contributed by atoms with E-state index in [1.165, 1.54) is 11.3 Å². The minimum atomic E-state index is 1.04. The zero-order chi connectivity index (χ0) is 8.55. The average Bonchev–Trinajstić information content (AvgIpc) is 2.46. The fraction of sp³-hybridized carbons (Fsp3) is 0.625. The van der Waals surface area contributed by atoms with Gasteiger partial charge in [-0.05, 0) is 13.3 Å². The van der Waals surface area contributed by atoms with Gasteiger partial charge in [-0.25, -0.2) is 0 Å². The van der Waals surface area contributed by atoms with Gasteiger partial charge in [-0.1, -0.05) is 0 Å². The van der Waals surface area contributed by atoms with Crippen LogP contribution in [0.4, 0.5) is 0 Å². The Morgan fingerprint density at radius 3 is 3.17 bits per heavy atom. The number of hydrogen-bond donors (Lipinski definition) is 1. The van der Waals surface area contributed by atoms with E-state index in [9.17, 15) is 0 Å². The molecule has 1 aromatic heterocycles. The molecule has 1 aliphatic heterocycles. The van der Waals surface area contributed by atoms with Crippen molar-refractivity contribution >= 4 is 11.8 Å². The number of aromatic amines is 1. The quantitative estimate of drug-likeness (QED) is 0.662. The molecule has 0 radical (unpaired) electrons. The molecule has 0 amide bonds. The maximum Gasteiger partial charge on any atom is 0.122 e. The summed E-state index contributed by atoms with van der Waals surface area (Å²) in [6.07, 6.45) is 3.18. The van der Waals surface area contributed by atoms with E-state index in [4.69, 9.17) is 0 Å². The Balaban J connectivity index is 2.34. The molecule has 1 N–H and O–H groups in total. The van der Waals surface area contributed by atoms with Crippen LogP contribution < -0.4 is 0 Å². The van der Waals surface area contributed by atoms with Crippen LogP contribution >= 0.6 is 11.8 Å². The van der Waals surface area contributed by atoms with Crippen molar-refractivity contribution in [2.45, 2.75) is 18.0 Å². The summed E-state index contributed by atoms with van der Waals surface area (Å²) in [5.41, 5.74) is 2.73. The molecule has 2 heterocycles. The van der Waals surface area contributed by atoms with Gasteiger partial charge in [0.1, 0.15) is 5.03 Å². The van der Waals surface area contributed by atoms with Crippen molar-refractivity contribution in [1.82, 2.24) is 15.1 Å². The van der Waals surface area contributed by atoms with Crippen LogP contribution in [0.5, 0.6) is 0 Å². The van der Waals surface area contributed by atoms with Gasteiger partial charge in [-0.15, -0.1) is 11.8 Å². The minimum Gasteiger partial charge on any atom is -0.302 e. The SMILES string of the molecule is CSc1n[nH]c2c1CN(C)CC2. The molecule has 12 heavy (non-hydrogen) atoms. The van der Waals surface area contributed by atoms with Crippen molar-refractivity contribution < 1.29 is 0 Å². The van der Waals surface area contributed by atoms with Crippen molar-refractivity contribution in [3.05, 3.63) is 11.3 Å². The van der Waals surface area contributed by atoms with Crippen molar-refractivity contribution in [1.29, 1.82) is 0 Å². The summed E-state index contributed by atoms with van der Waals surface area (Å²) < 4.78 is 0. The zero-order valence-corrected chi connectivity index (χ0v) is 8.24. The molecule has 0 aliphatic carbocycles. The lowest BCUT2D eigenvalue weighted by atomic mass is 10.1. The van der Waals surface area contributed by atoms with Crippen LogP contribution in [0, 0.1) is 0 Å². The number of nitrogens with one attached hydrogen (secondary N) is 1. The molecule has 66 valence electrons. The highest BCUT2D eigenvalue weighted by Crippen LogP contribution is 2.24. The number of H-pyrrole nitrogens is 1. The first-order valence-electron chi connectivity index (χ1n) is 4.10. The highest BCUT2D eigenvalue weighted by atomic mass is 32.2. The monoisotopic (exact) mass is 183 g/mol. The Morgan fingerprint density at radius 1 is 1.58 bits per heavy atom. The molecule has 1 aromatic rings. The molecule has 2 rings (SSSR count). The van der Waals surface area contributed by atoms with Crippen LogP contribution in [0.15, 0.2) is 5.03 Å². The van der Waals surface area contributed by atoms with Gasteiger partial charge < -0.3 is 4.90 Å². The lowest BCUT2D eigenvalue weighted by Crippen LogP contribution is -2.26. The maximum atomic E-state index is 4.26. The highest BCUT2D eigenvalue weighted by Gasteiger charge is 2.18. The predicted molar refractivity (Wildman–Crippen MR) is 50.4 cm³/mol. The lowest BCUT2D eigenvalue weighted by molar-refractivity contribution is 0.309. The van der Waals surface area contributed by atoms with Crippen LogP contribution in [0.25, 0.3) is 0 Å². The fourth-order valence-corrected chi connectivity index (χ4v) is 2.14. The first kappa shape index (κ1) is 8.13. The molecule has 0 saturated carbocycles. The van der Waals surface area contributed by atoms with Gasteiger partial charge in [-0.2, -0.15) is 5.10 Å². The van der Waals surface area contributed by atoms with Crippen LogP contribution in [0.2, 0.25) is 0 Å². The Morgan fingerprint density at radius 2 is 2.42 bits per heavy atom. The third-order valence-corrected chi connectivity index (χ3v) is 3.00. The second-order valence-corrected chi connectivity index (χ2v) is 3.97. The number of aromatic nitrogens is 2. The van der Waals surface area contributed by atoms with E-state index in [2.05, 4.69) is 28.4 Å². The van der Waals surface area contributed by atoms with Gasteiger partial charge in [-0.3, -0.25) is 5.10 Å². The fourth-order valence-electron chi connectivity index (χ4n) is 1.57. The molecule has 3 nitrogen and oxygen atoms in total. The highest BCUT2D eigenvalue weighted by molar-refractivity contribution is 7.98. The molecular weight excluding hydrogens is 170 g/mol. The summed E-state index contributed by atoms with van der Waals surface area (Å²) in [6.45, 7) is 2.19. The van der Waals surface area contributed by atoms with Crippen molar-refractivity contribution in [3.8, 4) is 0 Å². The topological polar surface area (TPSA) is 31.9 Å². The Bertz CT molecular complexity index is 268. The minimum absolute atomic E-state index is 1.04. The van der Waals surface area contributed by atoms with E-state index in [0.29, 0.717) is 0 Å². The normalized spacial score (nSPS) is 17.8. The number of thioether (sulfide) groups is 1. The molecule has 4 heteroatoms. The summed E-state index contributed by atoms with van der Waals surface area (Å²) in [6, 6.07) is 0. The van der Waals surface area contributed by atoms with Crippen LogP contribution in [0.1, 0.15) is 11.3 Å². The first-order chi connectivity index (χ1) is 5.81. The molecule has 0 spiro atoms. The molecule has 0 saturated heterocycles. The third kappa shape index (κ3) is 1.25. The van der Waals surface area contributed by atoms with E-state index >= 15 is 0 Å². The number of nitrogens with zero attached hydrogens (tertiary/aromatic N) is 2. The van der Waals surface area contributed by atoms with Crippen molar-refractivity contribution in [2.75, 3.05) is 19.8 Å². The summed E-state index contributed by atoms with van der Waals surface area (Å²) in [5, 5.41) is 8.53. The average molecular weight is 183 g/mol. The van der Waals surface area contributed by atoms with Crippen LogP contribution in [-0.2, 0) is 13.0 Å². The van der Waals surface area contributed by atoms with Gasteiger partial charge in [0.05, 0.1) is 0 Å². The summed E-state index contributed by atoms with van der Waals surface area (Å²) >= 11 is 1.72. The summed E-state index contributed by atoms with van der Waals surface area (Å²) in [4.78, 5) is 2.33. The Labute approximate surface area is 76.5 Å². The Hall–Kier alpha value is -0.480. The molecule has 0 bridgehead atoms. The predicted octanol–water partition coefficient (Wildman–Crippen LogP) is 1.12. The van der Waals surface area contributed by atoms with Gasteiger partial charge >= 0.3 is 0 Å².